The zero-order valence-corrected chi connectivity index (χ0v) is 17.5. The van der Waals surface area contributed by atoms with E-state index in [0.29, 0.717) is 11.3 Å². The first-order valence-electron chi connectivity index (χ1n) is 10.4. The Kier molecular flexibility index (Phi) is 6.91. The lowest BCUT2D eigenvalue weighted by Crippen LogP contribution is -2.34. The number of nitrogens with one attached hydrogen (secondary N) is 1. The number of nitrogens with zero attached hydrogens (tertiary/aromatic N) is 1. The minimum Gasteiger partial charge on any atom is -0.480 e. The summed E-state index contributed by atoms with van der Waals surface area (Å²) in [5, 5.41) is 2.89. The van der Waals surface area contributed by atoms with Gasteiger partial charge in [-0.15, -0.1) is 0 Å². The number of aryl methyl sites for hydroxylation is 2. The zero-order chi connectivity index (χ0) is 20.8. The number of carbonyl (C=O) groups is 2. The number of ether oxygens (including phenoxy) is 1. The van der Waals surface area contributed by atoms with Gasteiger partial charge >= 0.3 is 0 Å². The maximum Gasteiger partial charge on any atom is 0.265 e. The smallest absolute Gasteiger partial charge is 0.265 e. The molecule has 0 bridgehead atoms. The summed E-state index contributed by atoms with van der Waals surface area (Å²) >= 11 is 0. The SMILES string of the molecule is Cc1cccc(C)c1O[C@@H](C)C(=O)Nc1ccccc1C(=O)N1CCCCCC1. The van der Waals surface area contributed by atoms with Crippen LogP contribution in [0.2, 0.25) is 0 Å². The molecule has 5 heteroatoms. The fourth-order valence-electron chi connectivity index (χ4n) is 3.67. The predicted molar refractivity (Wildman–Crippen MR) is 115 cm³/mol. The van der Waals surface area contributed by atoms with Crippen LogP contribution in [0.3, 0.4) is 0 Å². The van der Waals surface area contributed by atoms with Crippen molar-refractivity contribution < 1.29 is 14.3 Å². The second-order valence-corrected chi connectivity index (χ2v) is 7.72. The monoisotopic (exact) mass is 394 g/mol. The number of benzene rings is 2. The molecule has 0 aromatic heterocycles. The van der Waals surface area contributed by atoms with E-state index < -0.39 is 6.10 Å². The van der Waals surface area contributed by atoms with Gasteiger partial charge in [0.15, 0.2) is 6.10 Å². The van der Waals surface area contributed by atoms with Crippen molar-refractivity contribution in [2.45, 2.75) is 52.6 Å². The molecule has 1 atom stereocenters. The fourth-order valence-corrected chi connectivity index (χ4v) is 3.67. The Hall–Kier alpha value is -2.82. The number of amides is 2. The molecule has 0 aliphatic carbocycles. The second-order valence-electron chi connectivity index (χ2n) is 7.72. The van der Waals surface area contributed by atoms with Crippen LogP contribution in [0, 0.1) is 13.8 Å². The first-order chi connectivity index (χ1) is 14.0. The summed E-state index contributed by atoms with van der Waals surface area (Å²) in [6.45, 7) is 7.19. The minimum absolute atomic E-state index is 0.0221. The number of para-hydroxylation sites is 2. The van der Waals surface area contributed by atoms with E-state index in [4.69, 9.17) is 4.74 Å². The molecule has 0 spiro atoms. The number of carbonyl (C=O) groups excluding carboxylic acids is 2. The fraction of sp³-hybridized carbons (Fsp3) is 0.417. The van der Waals surface area contributed by atoms with Crippen LogP contribution in [0.5, 0.6) is 5.75 Å². The number of hydrogen-bond donors (Lipinski definition) is 1. The maximum absolute atomic E-state index is 13.0. The van der Waals surface area contributed by atoms with Crippen LogP contribution < -0.4 is 10.1 Å². The molecular formula is C24H30N2O3. The summed E-state index contributed by atoms with van der Waals surface area (Å²) in [7, 11) is 0. The van der Waals surface area contributed by atoms with E-state index in [-0.39, 0.29) is 11.8 Å². The molecule has 2 aromatic carbocycles. The summed E-state index contributed by atoms with van der Waals surface area (Å²) in [5.41, 5.74) is 3.04. The average molecular weight is 395 g/mol. The Morgan fingerprint density at radius 3 is 2.21 bits per heavy atom. The second kappa shape index (κ2) is 9.59. The molecular weight excluding hydrogens is 364 g/mol. The highest BCUT2D eigenvalue weighted by Gasteiger charge is 2.23. The molecule has 1 fully saturated rings. The summed E-state index contributed by atoms with van der Waals surface area (Å²) < 4.78 is 5.94. The van der Waals surface area contributed by atoms with Crippen molar-refractivity contribution in [2.24, 2.45) is 0 Å². The summed E-state index contributed by atoms with van der Waals surface area (Å²) in [6, 6.07) is 13.1. The number of rotatable bonds is 5. The molecule has 1 saturated heterocycles. The van der Waals surface area contributed by atoms with Gasteiger partial charge in [0.1, 0.15) is 5.75 Å². The van der Waals surface area contributed by atoms with Crippen molar-refractivity contribution in [3.05, 3.63) is 59.2 Å². The molecule has 1 aliphatic heterocycles. The number of hydrogen-bond acceptors (Lipinski definition) is 3. The van der Waals surface area contributed by atoms with Gasteiger partial charge in [-0.1, -0.05) is 43.2 Å². The lowest BCUT2D eigenvalue weighted by atomic mass is 10.1. The van der Waals surface area contributed by atoms with E-state index in [1.807, 2.05) is 49.1 Å². The molecule has 1 aliphatic rings. The molecule has 3 rings (SSSR count). The normalized spacial score (nSPS) is 15.3. The summed E-state index contributed by atoms with van der Waals surface area (Å²) in [4.78, 5) is 27.7. The van der Waals surface area contributed by atoms with E-state index in [9.17, 15) is 9.59 Å². The molecule has 5 nitrogen and oxygen atoms in total. The topological polar surface area (TPSA) is 58.6 Å². The Morgan fingerprint density at radius 1 is 0.931 bits per heavy atom. The third kappa shape index (κ3) is 5.17. The zero-order valence-electron chi connectivity index (χ0n) is 17.5. The Balaban J connectivity index is 1.72. The van der Waals surface area contributed by atoms with Gasteiger partial charge in [0.2, 0.25) is 0 Å². The van der Waals surface area contributed by atoms with Gasteiger partial charge in [0, 0.05) is 13.1 Å². The quantitative estimate of drug-likeness (QED) is 0.798. The van der Waals surface area contributed by atoms with E-state index >= 15 is 0 Å². The standard InChI is InChI=1S/C24H30N2O3/c1-17-11-10-12-18(2)22(17)29-19(3)23(27)25-21-14-7-6-13-20(21)24(28)26-15-8-4-5-9-16-26/h6-7,10-14,19H,4-5,8-9,15-16H2,1-3H3,(H,25,27)/t19-/m0/s1. The highest BCUT2D eigenvalue weighted by atomic mass is 16.5. The Bertz CT molecular complexity index is 850. The first kappa shape index (κ1) is 20.9. The van der Waals surface area contributed by atoms with Gasteiger partial charge in [-0.2, -0.15) is 0 Å². The molecule has 1 N–H and O–H groups in total. The van der Waals surface area contributed by atoms with Crippen molar-refractivity contribution >= 4 is 17.5 Å². The molecule has 29 heavy (non-hydrogen) atoms. The molecule has 0 saturated carbocycles. The summed E-state index contributed by atoms with van der Waals surface area (Å²) in [6.07, 6.45) is 3.70. The van der Waals surface area contributed by atoms with Gasteiger partial charge in [0.25, 0.3) is 11.8 Å². The molecule has 1 heterocycles. The lowest BCUT2D eigenvalue weighted by Gasteiger charge is -2.23. The van der Waals surface area contributed by atoms with Gasteiger partial charge in [-0.25, -0.2) is 0 Å². The van der Waals surface area contributed by atoms with Gasteiger partial charge in [0.05, 0.1) is 11.3 Å². The third-order valence-electron chi connectivity index (χ3n) is 5.38. The molecule has 2 amide bonds. The number of likely N-dealkylation sites (tertiary alicyclic amines) is 1. The molecule has 2 aromatic rings. The molecule has 0 radical (unpaired) electrons. The molecule has 0 unspecified atom stereocenters. The lowest BCUT2D eigenvalue weighted by molar-refractivity contribution is -0.122. The average Bonchev–Trinajstić information content (AvgIpc) is 3.00. The molecule has 154 valence electrons. The van der Waals surface area contributed by atoms with Crippen LogP contribution in [0.4, 0.5) is 5.69 Å². The predicted octanol–water partition coefficient (Wildman–Crippen LogP) is 4.73. The van der Waals surface area contributed by atoms with E-state index in [2.05, 4.69) is 5.32 Å². The van der Waals surface area contributed by atoms with E-state index in [0.717, 1.165) is 55.6 Å². The minimum atomic E-state index is -0.684. The largest absolute Gasteiger partial charge is 0.480 e. The maximum atomic E-state index is 13.0. The van der Waals surface area contributed by atoms with Gasteiger partial charge < -0.3 is 15.0 Å². The highest BCUT2D eigenvalue weighted by molar-refractivity contribution is 6.04. The van der Waals surface area contributed by atoms with Gasteiger partial charge in [-0.05, 0) is 56.9 Å². The Morgan fingerprint density at radius 2 is 1.55 bits per heavy atom. The first-order valence-corrected chi connectivity index (χ1v) is 10.4. The van der Waals surface area contributed by atoms with Gasteiger partial charge in [-0.3, -0.25) is 9.59 Å². The highest BCUT2D eigenvalue weighted by Crippen LogP contribution is 2.25. The van der Waals surface area contributed by atoms with Crippen molar-refractivity contribution in [1.82, 2.24) is 4.90 Å². The number of anilines is 1. The Labute approximate surface area is 173 Å². The van der Waals surface area contributed by atoms with E-state index in [1.54, 1.807) is 19.1 Å². The van der Waals surface area contributed by atoms with Crippen LogP contribution in [-0.2, 0) is 4.79 Å². The van der Waals surface area contributed by atoms with Crippen LogP contribution in [-0.4, -0.2) is 35.9 Å². The van der Waals surface area contributed by atoms with E-state index in [1.165, 1.54) is 0 Å². The van der Waals surface area contributed by atoms with Crippen LogP contribution in [0.1, 0.15) is 54.1 Å². The van der Waals surface area contributed by atoms with Crippen molar-refractivity contribution in [3.63, 3.8) is 0 Å². The van der Waals surface area contributed by atoms with Crippen LogP contribution >= 0.6 is 0 Å². The van der Waals surface area contributed by atoms with Crippen molar-refractivity contribution in [1.29, 1.82) is 0 Å². The van der Waals surface area contributed by atoms with Crippen molar-refractivity contribution in [2.75, 3.05) is 18.4 Å². The van der Waals surface area contributed by atoms with Crippen molar-refractivity contribution in [3.8, 4) is 5.75 Å². The van der Waals surface area contributed by atoms with Crippen LogP contribution in [0.15, 0.2) is 42.5 Å². The third-order valence-corrected chi connectivity index (χ3v) is 5.38. The summed E-state index contributed by atoms with van der Waals surface area (Å²) in [5.74, 6) is 0.430. The van der Waals surface area contributed by atoms with Crippen LogP contribution in [0.25, 0.3) is 0 Å².